The Labute approximate surface area is 77.7 Å². The van der Waals surface area contributed by atoms with E-state index in [1.807, 2.05) is 0 Å². The molecule has 0 aromatic heterocycles. The van der Waals surface area contributed by atoms with Crippen molar-refractivity contribution in [3.05, 3.63) is 0 Å². The molecule has 1 fully saturated rings. The monoisotopic (exact) mass is 168 g/mol. The van der Waals surface area contributed by atoms with Crippen molar-refractivity contribution in [1.29, 1.82) is 0 Å². The summed E-state index contributed by atoms with van der Waals surface area (Å²) in [6.45, 7) is 11.9. The minimum atomic E-state index is 0.461. The average Bonchev–Trinajstić information content (AvgIpc) is 1.76. The van der Waals surface area contributed by atoms with Crippen molar-refractivity contribution in [1.82, 2.24) is 0 Å². The van der Waals surface area contributed by atoms with E-state index >= 15 is 0 Å². The molecule has 0 bridgehead atoms. The fourth-order valence-corrected chi connectivity index (χ4v) is 1.72. The van der Waals surface area contributed by atoms with E-state index in [2.05, 4.69) is 34.6 Å². The first kappa shape index (κ1) is 10.1. The zero-order valence-corrected chi connectivity index (χ0v) is 9.41. The second kappa shape index (κ2) is 3.05. The van der Waals surface area contributed by atoms with Crippen LogP contribution in [0.4, 0.5) is 0 Å². The van der Waals surface area contributed by atoms with Crippen LogP contribution in [0.1, 0.15) is 60.3 Å². The minimum absolute atomic E-state index is 0.461. The predicted octanol–water partition coefficient (Wildman–Crippen LogP) is 4.25. The van der Waals surface area contributed by atoms with E-state index in [-0.39, 0.29) is 0 Å². The van der Waals surface area contributed by atoms with Crippen LogP contribution in [0.2, 0.25) is 0 Å². The van der Waals surface area contributed by atoms with Crippen LogP contribution < -0.4 is 0 Å². The summed E-state index contributed by atoms with van der Waals surface area (Å²) < 4.78 is 0. The Hall–Kier alpha value is 0. The lowest BCUT2D eigenvalue weighted by molar-refractivity contribution is 0.0734. The van der Waals surface area contributed by atoms with Gasteiger partial charge in [-0.15, -0.1) is 0 Å². The van der Waals surface area contributed by atoms with Gasteiger partial charge in [0.05, 0.1) is 0 Å². The van der Waals surface area contributed by atoms with Crippen molar-refractivity contribution in [2.45, 2.75) is 60.3 Å². The quantitative estimate of drug-likeness (QED) is 0.578. The minimum Gasteiger partial charge on any atom is -0.0597 e. The smallest absolute Gasteiger partial charge is 0.0303 e. The third-order valence-corrected chi connectivity index (χ3v) is 4.05. The summed E-state index contributed by atoms with van der Waals surface area (Å²) in [6.07, 6.45) is 5.88. The van der Waals surface area contributed by atoms with Gasteiger partial charge in [-0.25, -0.2) is 0 Å². The van der Waals surface area contributed by atoms with Gasteiger partial charge in [-0.3, -0.25) is 0 Å². The van der Waals surface area contributed by atoms with E-state index in [9.17, 15) is 0 Å². The third kappa shape index (κ3) is 2.02. The van der Waals surface area contributed by atoms with Crippen molar-refractivity contribution in [2.75, 3.05) is 0 Å². The van der Waals surface area contributed by atoms with Gasteiger partial charge in [0.1, 0.15) is 0 Å². The van der Waals surface area contributed by atoms with Gasteiger partial charge >= 0.3 is 0 Å². The fraction of sp³-hybridized carbons (Fsp3) is 1.00. The highest BCUT2D eigenvalue weighted by atomic mass is 14.4. The zero-order valence-electron chi connectivity index (χ0n) is 9.41. The summed E-state index contributed by atoms with van der Waals surface area (Å²) in [6, 6.07) is 0. The highest BCUT2D eigenvalue weighted by molar-refractivity contribution is 4.86. The largest absolute Gasteiger partial charge is 0.0597 e. The lowest BCUT2D eigenvalue weighted by atomic mass is 9.62. The first-order valence-electron chi connectivity index (χ1n) is 5.33. The molecule has 0 atom stereocenters. The van der Waals surface area contributed by atoms with Gasteiger partial charge in [-0.1, -0.05) is 53.9 Å². The Kier molecular flexibility index (Phi) is 2.56. The van der Waals surface area contributed by atoms with Crippen LogP contribution >= 0.6 is 0 Å². The van der Waals surface area contributed by atoms with Gasteiger partial charge in [0.15, 0.2) is 0 Å². The maximum Gasteiger partial charge on any atom is -0.0303 e. The van der Waals surface area contributed by atoms with Crippen LogP contribution in [-0.2, 0) is 0 Å². The lowest BCUT2D eigenvalue weighted by Gasteiger charge is -2.43. The molecule has 0 unspecified atom stereocenters. The lowest BCUT2D eigenvalue weighted by Crippen LogP contribution is -2.33. The molecule has 1 saturated carbocycles. The molecule has 0 aliphatic heterocycles. The maximum atomic E-state index is 2.42. The Morgan fingerprint density at radius 3 is 1.75 bits per heavy atom. The Bertz CT molecular complexity index is 144. The Morgan fingerprint density at radius 2 is 1.50 bits per heavy atom. The highest BCUT2D eigenvalue weighted by Gasteiger charge is 2.36. The first-order valence-corrected chi connectivity index (χ1v) is 5.33. The number of hydrogen-bond acceptors (Lipinski definition) is 0. The number of rotatable bonds is 2. The van der Waals surface area contributed by atoms with Crippen LogP contribution in [0.25, 0.3) is 0 Å². The van der Waals surface area contributed by atoms with Crippen molar-refractivity contribution in [3.63, 3.8) is 0 Å². The molecule has 0 saturated heterocycles. The molecule has 0 nitrogen and oxygen atoms in total. The van der Waals surface area contributed by atoms with Gasteiger partial charge in [0.25, 0.3) is 0 Å². The van der Waals surface area contributed by atoms with Crippen molar-refractivity contribution in [2.24, 2.45) is 16.7 Å². The van der Waals surface area contributed by atoms with E-state index in [4.69, 9.17) is 0 Å². The van der Waals surface area contributed by atoms with Crippen LogP contribution in [-0.4, -0.2) is 0 Å². The summed E-state index contributed by atoms with van der Waals surface area (Å²) in [4.78, 5) is 0. The van der Waals surface area contributed by atoms with Gasteiger partial charge < -0.3 is 0 Å². The summed E-state index contributed by atoms with van der Waals surface area (Å²) in [7, 11) is 0. The maximum absolute atomic E-state index is 2.42. The van der Waals surface area contributed by atoms with Crippen molar-refractivity contribution in [3.8, 4) is 0 Å². The molecule has 72 valence electrons. The van der Waals surface area contributed by atoms with Gasteiger partial charge in [0.2, 0.25) is 0 Å². The summed E-state index contributed by atoms with van der Waals surface area (Å²) in [5.74, 6) is 1.04. The summed E-state index contributed by atoms with van der Waals surface area (Å²) >= 11 is 0. The van der Waals surface area contributed by atoms with Crippen LogP contribution in [0, 0.1) is 16.7 Å². The van der Waals surface area contributed by atoms with Crippen molar-refractivity contribution >= 4 is 0 Å². The highest BCUT2D eigenvalue weighted by Crippen LogP contribution is 2.46. The van der Waals surface area contributed by atoms with Gasteiger partial charge in [-0.05, 0) is 23.2 Å². The molecule has 0 radical (unpaired) electrons. The molecular formula is C12H24. The molecule has 1 aliphatic rings. The topological polar surface area (TPSA) is 0 Å². The predicted molar refractivity (Wildman–Crippen MR) is 55.2 cm³/mol. The molecule has 0 aromatic rings. The standard InChI is InChI=1S/C12H24/c1-11(2,3)12(4,5)9-10-7-6-8-10/h10H,6-9H2,1-5H3. The van der Waals surface area contributed by atoms with Gasteiger partial charge in [0, 0.05) is 0 Å². The van der Waals surface area contributed by atoms with Crippen LogP contribution in [0.3, 0.4) is 0 Å². The normalized spacial score (nSPS) is 20.8. The molecule has 0 aromatic carbocycles. The Morgan fingerprint density at radius 1 is 1.00 bits per heavy atom. The first-order chi connectivity index (χ1) is 5.33. The van der Waals surface area contributed by atoms with Gasteiger partial charge in [-0.2, -0.15) is 0 Å². The molecule has 0 heterocycles. The summed E-state index contributed by atoms with van der Waals surface area (Å²) in [5, 5.41) is 0. The Balaban J connectivity index is 2.46. The molecule has 0 heteroatoms. The second-order valence-electron chi connectivity index (χ2n) is 6.13. The van der Waals surface area contributed by atoms with Crippen molar-refractivity contribution < 1.29 is 0 Å². The molecule has 0 amide bonds. The average molecular weight is 168 g/mol. The van der Waals surface area contributed by atoms with Crippen LogP contribution in [0.5, 0.6) is 0 Å². The zero-order chi connectivity index (χ0) is 9.41. The fourth-order valence-electron chi connectivity index (χ4n) is 1.72. The van der Waals surface area contributed by atoms with E-state index in [1.54, 1.807) is 0 Å². The summed E-state index contributed by atoms with van der Waals surface area (Å²) in [5.41, 5.74) is 0.973. The van der Waals surface area contributed by atoms with E-state index in [1.165, 1.54) is 25.7 Å². The molecule has 0 N–H and O–H groups in total. The molecular weight excluding hydrogens is 144 g/mol. The van der Waals surface area contributed by atoms with Crippen LogP contribution in [0.15, 0.2) is 0 Å². The molecule has 0 spiro atoms. The van der Waals surface area contributed by atoms with E-state index in [0.717, 1.165) is 5.92 Å². The van der Waals surface area contributed by atoms with E-state index < -0.39 is 0 Å². The second-order valence-corrected chi connectivity index (χ2v) is 6.13. The molecule has 1 aliphatic carbocycles. The molecule has 1 rings (SSSR count). The molecule has 12 heavy (non-hydrogen) atoms. The number of hydrogen-bond donors (Lipinski definition) is 0. The third-order valence-electron chi connectivity index (χ3n) is 4.05. The SMILES string of the molecule is CC(C)(C)C(C)(C)CC1CCC1. The van der Waals surface area contributed by atoms with E-state index in [0.29, 0.717) is 10.8 Å².